The molecule has 2 heterocycles. The molecule has 1 amide bonds. The molecular formula is C16H11BrF4N4O. The SMILES string of the molecule is O=C(Cn1nc(C(F)F)cc1C(F)F)Nc1ccc(Br)c2cccnc12. The molecule has 0 saturated carbocycles. The summed E-state index contributed by atoms with van der Waals surface area (Å²) in [4.78, 5) is 16.4. The van der Waals surface area contributed by atoms with Crippen molar-refractivity contribution in [2.24, 2.45) is 0 Å². The van der Waals surface area contributed by atoms with Crippen molar-refractivity contribution in [2.75, 3.05) is 5.32 Å². The van der Waals surface area contributed by atoms with Crippen LogP contribution in [0.4, 0.5) is 23.2 Å². The van der Waals surface area contributed by atoms with Gasteiger partial charge in [0, 0.05) is 16.1 Å². The van der Waals surface area contributed by atoms with Crippen molar-refractivity contribution in [1.82, 2.24) is 14.8 Å². The predicted molar refractivity (Wildman–Crippen MR) is 90.2 cm³/mol. The molecule has 26 heavy (non-hydrogen) atoms. The second-order valence-electron chi connectivity index (χ2n) is 5.30. The molecule has 1 aromatic carbocycles. The van der Waals surface area contributed by atoms with Gasteiger partial charge in [-0.3, -0.25) is 14.5 Å². The first-order valence-corrected chi connectivity index (χ1v) is 8.13. The van der Waals surface area contributed by atoms with E-state index >= 15 is 0 Å². The van der Waals surface area contributed by atoms with E-state index in [1.165, 1.54) is 0 Å². The van der Waals surface area contributed by atoms with Gasteiger partial charge >= 0.3 is 0 Å². The molecule has 0 unspecified atom stereocenters. The first-order chi connectivity index (χ1) is 12.4. The minimum atomic E-state index is -3.03. The van der Waals surface area contributed by atoms with Crippen molar-refractivity contribution in [3.8, 4) is 0 Å². The molecule has 0 aliphatic carbocycles. The standard InChI is InChI=1S/C16H11BrF4N4O/c17-9-3-4-10(14-8(9)2-1-5-22-14)23-13(26)7-25-12(16(20)21)6-11(24-25)15(18)19/h1-6,15-16H,7H2,(H,23,26). The maximum atomic E-state index is 13.0. The summed E-state index contributed by atoms with van der Waals surface area (Å²) in [6, 6.07) is 7.41. The number of carbonyl (C=O) groups is 1. The van der Waals surface area contributed by atoms with Crippen LogP contribution in [0.5, 0.6) is 0 Å². The van der Waals surface area contributed by atoms with Crippen molar-refractivity contribution in [3.63, 3.8) is 0 Å². The molecule has 10 heteroatoms. The minimum absolute atomic E-state index is 0.369. The van der Waals surface area contributed by atoms with Gasteiger partial charge in [0.25, 0.3) is 12.9 Å². The number of rotatable bonds is 5. The van der Waals surface area contributed by atoms with Gasteiger partial charge < -0.3 is 5.32 Å². The molecule has 0 bridgehead atoms. The lowest BCUT2D eigenvalue weighted by molar-refractivity contribution is -0.117. The van der Waals surface area contributed by atoms with Crippen LogP contribution >= 0.6 is 15.9 Å². The normalized spacial score (nSPS) is 11.5. The van der Waals surface area contributed by atoms with Gasteiger partial charge in [0.05, 0.1) is 11.2 Å². The summed E-state index contributed by atoms with van der Waals surface area (Å²) < 4.78 is 52.7. The number of carbonyl (C=O) groups excluding carboxylic acids is 1. The Balaban J connectivity index is 1.85. The van der Waals surface area contributed by atoms with E-state index in [9.17, 15) is 22.4 Å². The third-order valence-electron chi connectivity index (χ3n) is 3.56. The van der Waals surface area contributed by atoms with Crippen LogP contribution in [0.3, 0.4) is 0 Å². The fraction of sp³-hybridized carbons (Fsp3) is 0.188. The number of hydrogen-bond donors (Lipinski definition) is 1. The van der Waals surface area contributed by atoms with Gasteiger partial charge in [-0.2, -0.15) is 5.10 Å². The summed E-state index contributed by atoms with van der Waals surface area (Å²) in [6.07, 6.45) is -4.49. The topological polar surface area (TPSA) is 59.8 Å². The number of alkyl halides is 4. The summed E-state index contributed by atoms with van der Waals surface area (Å²) in [5.41, 5.74) is -0.676. The maximum Gasteiger partial charge on any atom is 0.282 e. The highest BCUT2D eigenvalue weighted by Crippen LogP contribution is 2.29. The van der Waals surface area contributed by atoms with Crippen LogP contribution in [0.25, 0.3) is 10.9 Å². The molecule has 3 aromatic rings. The van der Waals surface area contributed by atoms with E-state index in [1.54, 1.807) is 30.5 Å². The lowest BCUT2D eigenvalue weighted by Crippen LogP contribution is -2.21. The van der Waals surface area contributed by atoms with Crippen molar-refractivity contribution < 1.29 is 22.4 Å². The minimum Gasteiger partial charge on any atom is -0.323 e. The van der Waals surface area contributed by atoms with Crippen molar-refractivity contribution in [3.05, 3.63) is 52.4 Å². The Kier molecular flexibility index (Phi) is 5.21. The molecular weight excluding hydrogens is 420 g/mol. The van der Waals surface area contributed by atoms with Crippen LogP contribution in [0.2, 0.25) is 0 Å². The van der Waals surface area contributed by atoms with Crippen molar-refractivity contribution in [1.29, 1.82) is 0 Å². The maximum absolute atomic E-state index is 13.0. The quantitative estimate of drug-likeness (QED) is 0.596. The van der Waals surface area contributed by atoms with E-state index in [2.05, 4.69) is 31.3 Å². The third kappa shape index (κ3) is 3.69. The molecule has 5 nitrogen and oxygen atoms in total. The molecule has 2 aromatic heterocycles. The number of nitrogens with one attached hydrogen (secondary N) is 1. The van der Waals surface area contributed by atoms with Crippen LogP contribution in [-0.4, -0.2) is 20.7 Å². The Bertz CT molecular complexity index is 961. The molecule has 0 atom stereocenters. The van der Waals surface area contributed by atoms with Gasteiger partial charge in [-0.1, -0.05) is 22.0 Å². The number of pyridine rings is 1. The molecule has 136 valence electrons. The Morgan fingerprint density at radius 3 is 2.65 bits per heavy atom. The molecule has 0 saturated heterocycles. The fourth-order valence-electron chi connectivity index (χ4n) is 2.43. The van der Waals surface area contributed by atoms with Crippen molar-refractivity contribution >= 4 is 38.4 Å². The zero-order valence-corrected chi connectivity index (χ0v) is 14.6. The highest BCUT2D eigenvalue weighted by Gasteiger charge is 2.22. The second-order valence-corrected chi connectivity index (χ2v) is 6.15. The van der Waals surface area contributed by atoms with Gasteiger partial charge in [0.1, 0.15) is 17.9 Å². The van der Waals surface area contributed by atoms with E-state index in [0.29, 0.717) is 22.0 Å². The summed E-state index contributed by atoms with van der Waals surface area (Å²) >= 11 is 3.37. The zero-order valence-electron chi connectivity index (χ0n) is 13.0. The number of benzene rings is 1. The summed E-state index contributed by atoms with van der Waals surface area (Å²) in [5, 5.41) is 6.69. The highest BCUT2D eigenvalue weighted by molar-refractivity contribution is 9.10. The first kappa shape index (κ1) is 18.3. The Morgan fingerprint density at radius 1 is 1.19 bits per heavy atom. The largest absolute Gasteiger partial charge is 0.323 e. The molecule has 0 fully saturated rings. The molecule has 1 N–H and O–H groups in total. The Labute approximate surface area is 153 Å². The Hall–Kier alpha value is -2.49. The summed E-state index contributed by atoms with van der Waals surface area (Å²) in [6.45, 7) is -0.628. The Morgan fingerprint density at radius 2 is 1.96 bits per heavy atom. The number of anilines is 1. The number of nitrogens with zero attached hydrogens (tertiary/aromatic N) is 3. The van der Waals surface area contributed by atoms with Crippen LogP contribution in [-0.2, 0) is 11.3 Å². The zero-order chi connectivity index (χ0) is 18.8. The lowest BCUT2D eigenvalue weighted by atomic mass is 10.2. The van der Waals surface area contributed by atoms with Crippen LogP contribution in [0.1, 0.15) is 24.2 Å². The summed E-state index contributed by atoms with van der Waals surface area (Å²) in [5.74, 6) is -0.690. The van der Waals surface area contributed by atoms with Crippen LogP contribution in [0, 0.1) is 0 Å². The third-order valence-corrected chi connectivity index (χ3v) is 4.25. The van der Waals surface area contributed by atoms with Crippen molar-refractivity contribution in [2.45, 2.75) is 19.4 Å². The van der Waals surface area contributed by atoms with Crippen LogP contribution < -0.4 is 5.32 Å². The van der Waals surface area contributed by atoms with Crippen LogP contribution in [0.15, 0.2) is 41.0 Å². The van der Waals surface area contributed by atoms with E-state index in [1.807, 2.05) is 0 Å². The smallest absolute Gasteiger partial charge is 0.282 e. The van der Waals surface area contributed by atoms with Gasteiger partial charge in [0.15, 0.2) is 0 Å². The van der Waals surface area contributed by atoms with Gasteiger partial charge in [-0.05, 0) is 24.3 Å². The van der Waals surface area contributed by atoms with E-state index < -0.39 is 36.7 Å². The monoisotopic (exact) mass is 430 g/mol. The molecule has 3 rings (SSSR count). The molecule has 0 radical (unpaired) electrons. The number of hydrogen-bond acceptors (Lipinski definition) is 3. The number of amides is 1. The fourth-order valence-corrected chi connectivity index (χ4v) is 2.88. The van der Waals surface area contributed by atoms with Gasteiger partial charge in [-0.15, -0.1) is 0 Å². The first-order valence-electron chi connectivity index (χ1n) is 7.34. The van der Waals surface area contributed by atoms with E-state index in [0.717, 1.165) is 9.86 Å². The predicted octanol–water partition coefficient (Wildman–Crippen LogP) is 4.71. The average molecular weight is 431 g/mol. The number of halogens is 5. The number of aromatic nitrogens is 3. The molecule has 0 spiro atoms. The van der Waals surface area contributed by atoms with Gasteiger partial charge in [0.2, 0.25) is 5.91 Å². The summed E-state index contributed by atoms with van der Waals surface area (Å²) in [7, 11) is 0. The number of fused-ring (bicyclic) bond motifs is 1. The van der Waals surface area contributed by atoms with E-state index in [4.69, 9.17) is 0 Å². The molecule has 0 aliphatic rings. The molecule has 0 aliphatic heterocycles. The average Bonchev–Trinajstić information content (AvgIpc) is 3.02. The van der Waals surface area contributed by atoms with E-state index in [-0.39, 0.29) is 0 Å². The second kappa shape index (κ2) is 7.40. The lowest BCUT2D eigenvalue weighted by Gasteiger charge is -2.10. The highest BCUT2D eigenvalue weighted by atomic mass is 79.9. The van der Waals surface area contributed by atoms with Gasteiger partial charge in [-0.25, -0.2) is 17.6 Å².